The lowest BCUT2D eigenvalue weighted by atomic mass is 9.80. The van der Waals surface area contributed by atoms with Gasteiger partial charge in [-0.2, -0.15) is 0 Å². The predicted molar refractivity (Wildman–Crippen MR) is 101 cm³/mol. The van der Waals surface area contributed by atoms with Crippen molar-refractivity contribution in [2.24, 2.45) is 5.92 Å². The largest absolute Gasteiger partial charge is 0.379 e. The summed E-state index contributed by atoms with van der Waals surface area (Å²) in [5.74, 6) is 2.91. The summed E-state index contributed by atoms with van der Waals surface area (Å²) in [6, 6.07) is 2.41. The van der Waals surface area contributed by atoms with Crippen molar-refractivity contribution in [3.05, 3.63) is 17.0 Å². The molecule has 2 saturated carbocycles. The van der Waals surface area contributed by atoms with Gasteiger partial charge in [-0.05, 0) is 39.5 Å². The van der Waals surface area contributed by atoms with Gasteiger partial charge in [0, 0.05) is 37.5 Å². The number of carbonyl (C=O) groups excluding carboxylic acids is 1. The van der Waals surface area contributed by atoms with Crippen molar-refractivity contribution in [1.82, 2.24) is 15.3 Å². The summed E-state index contributed by atoms with van der Waals surface area (Å²) in [5, 5.41) is 3.74. The minimum Gasteiger partial charge on any atom is -0.379 e. The fourth-order valence-electron chi connectivity index (χ4n) is 4.00. The molecule has 0 radical (unpaired) electrons. The molecule has 1 aromatic heterocycles. The van der Waals surface area contributed by atoms with E-state index in [9.17, 15) is 4.79 Å². The number of rotatable bonds is 8. The number of amides is 1. The first-order valence-corrected chi connectivity index (χ1v) is 10.1. The van der Waals surface area contributed by atoms with Crippen LogP contribution in [0.15, 0.2) is 6.07 Å². The van der Waals surface area contributed by atoms with Gasteiger partial charge in [-0.15, -0.1) is 0 Å². The Hall–Kier alpha value is -1.40. The number of nitrogens with one attached hydrogen (secondary N) is 1. The summed E-state index contributed by atoms with van der Waals surface area (Å²) in [5.41, 5.74) is 0. The first-order chi connectivity index (χ1) is 12.5. The minimum atomic E-state index is 0.123. The maximum absolute atomic E-state index is 12.2. The van der Waals surface area contributed by atoms with Crippen LogP contribution in [0.5, 0.6) is 0 Å². The fourth-order valence-corrected chi connectivity index (χ4v) is 4.18. The normalized spacial score (nSPS) is 26.9. The standard InChI is InChI=1S/C19H27ClN4O2/c1-11(2)26-7-3-4-17(25)23-18-13-8-14(18)24(10-13)16-9-15(20)21-19(22-16)12-5-6-12/h9,11-14,18H,3-8,10H2,1-2H3,(H,23,25). The lowest BCUT2D eigenvalue weighted by Gasteiger charge is -2.37. The van der Waals surface area contributed by atoms with E-state index in [0.29, 0.717) is 36.1 Å². The van der Waals surface area contributed by atoms with Gasteiger partial charge in [-0.1, -0.05) is 11.6 Å². The van der Waals surface area contributed by atoms with Gasteiger partial charge in [0.25, 0.3) is 0 Å². The molecule has 3 heterocycles. The van der Waals surface area contributed by atoms with E-state index < -0.39 is 0 Å². The maximum Gasteiger partial charge on any atom is 0.220 e. The third-order valence-electron chi connectivity index (χ3n) is 5.56. The molecule has 1 aromatic rings. The molecule has 7 heteroatoms. The third-order valence-corrected chi connectivity index (χ3v) is 5.75. The Morgan fingerprint density at radius 3 is 2.96 bits per heavy atom. The average molecular weight is 379 g/mol. The Balaban J connectivity index is 1.32. The molecule has 4 fully saturated rings. The van der Waals surface area contributed by atoms with Crippen LogP contribution in [0.1, 0.15) is 57.7 Å². The monoisotopic (exact) mass is 378 g/mol. The quantitative estimate of drug-likeness (QED) is 0.556. The van der Waals surface area contributed by atoms with Crippen LogP contribution in [0.3, 0.4) is 0 Å². The predicted octanol–water partition coefficient (Wildman–Crippen LogP) is 2.91. The topological polar surface area (TPSA) is 67.3 Å². The van der Waals surface area contributed by atoms with Gasteiger partial charge in [0.15, 0.2) is 0 Å². The van der Waals surface area contributed by atoms with Crippen molar-refractivity contribution in [3.8, 4) is 0 Å². The SMILES string of the molecule is CC(C)OCCCC(=O)NC1C2CC1N(c1cc(Cl)nc(C3CC3)n1)C2. The number of fused-ring (bicyclic) bond motifs is 1. The van der Waals surface area contributed by atoms with Gasteiger partial charge in [0.2, 0.25) is 5.91 Å². The van der Waals surface area contributed by atoms with E-state index in [1.807, 2.05) is 19.9 Å². The number of carbonyl (C=O) groups is 1. The van der Waals surface area contributed by atoms with Crippen LogP contribution in [-0.4, -0.2) is 47.2 Å². The molecule has 142 valence electrons. The lowest BCUT2D eigenvalue weighted by molar-refractivity contribution is -0.123. The zero-order valence-corrected chi connectivity index (χ0v) is 16.2. The molecule has 4 aliphatic rings. The number of aromatic nitrogens is 2. The molecule has 2 bridgehead atoms. The molecule has 0 spiro atoms. The molecular formula is C19H27ClN4O2. The second-order valence-corrected chi connectivity index (χ2v) is 8.40. The van der Waals surface area contributed by atoms with Crippen LogP contribution in [0.25, 0.3) is 0 Å². The van der Waals surface area contributed by atoms with E-state index in [4.69, 9.17) is 21.3 Å². The molecule has 26 heavy (non-hydrogen) atoms. The van der Waals surface area contributed by atoms with E-state index in [0.717, 1.165) is 43.9 Å². The van der Waals surface area contributed by atoms with E-state index in [1.165, 1.54) is 0 Å². The van der Waals surface area contributed by atoms with Crippen molar-refractivity contribution >= 4 is 23.3 Å². The summed E-state index contributed by atoms with van der Waals surface area (Å²) in [4.78, 5) is 23.6. The number of nitrogens with zero attached hydrogens (tertiary/aromatic N) is 3. The van der Waals surface area contributed by atoms with E-state index >= 15 is 0 Å². The molecule has 1 N–H and O–H groups in total. The zero-order valence-electron chi connectivity index (χ0n) is 15.4. The highest BCUT2D eigenvalue weighted by Crippen LogP contribution is 2.44. The maximum atomic E-state index is 12.2. The molecule has 3 atom stereocenters. The summed E-state index contributed by atoms with van der Waals surface area (Å²) < 4.78 is 5.50. The van der Waals surface area contributed by atoms with Crippen molar-refractivity contribution in [2.75, 3.05) is 18.1 Å². The molecule has 6 nitrogen and oxygen atoms in total. The summed E-state index contributed by atoms with van der Waals surface area (Å²) in [7, 11) is 0. The van der Waals surface area contributed by atoms with Crippen molar-refractivity contribution in [2.45, 2.75) is 70.1 Å². The highest BCUT2D eigenvalue weighted by molar-refractivity contribution is 6.29. The fraction of sp³-hybridized carbons (Fsp3) is 0.737. The number of anilines is 1. The first-order valence-electron chi connectivity index (χ1n) is 9.73. The van der Waals surface area contributed by atoms with Crippen LogP contribution in [0.2, 0.25) is 5.15 Å². The van der Waals surface area contributed by atoms with Gasteiger partial charge in [0.05, 0.1) is 18.2 Å². The van der Waals surface area contributed by atoms with Gasteiger partial charge in [-0.3, -0.25) is 4.79 Å². The Morgan fingerprint density at radius 2 is 2.23 bits per heavy atom. The van der Waals surface area contributed by atoms with Crippen molar-refractivity contribution < 1.29 is 9.53 Å². The minimum absolute atomic E-state index is 0.123. The molecule has 5 rings (SSSR count). The number of halogens is 1. The average Bonchev–Trinajstić information content (AvgIpc) is 3.26. The van der Waals surface area contributed by atoms with Crippen molar-refractivity contribution in [3.63, 3.8) is 0 Å². The molecule has 1 amide bonds. The van der Waals surface area contributed by atoms with Crippen LogP contribution >= 0.6 is 11.6 Å². The number of hydrogen-bond acceptors (Lipinski definition) is 5. The first kappa shape index (κ1) is 18.0. The van der Waals surface area contributed by atoms with Gasteiger partial charge >= 0.3 is 0 Å². The molecule has 2 saturated heterocycles. The molecule has 2 aliphatic carbocycles. The second-order valence-electron chi connectivity index (χ2n) is 8.01. The summed E-state index contributed by atoms with van der Waals surface area (Å²) in [6.07, 6.45) is 4.93. The zero-order chi connectivity index (χ0) is 18.3. The smallest absolute Gasteiger partial charge is 0.220 e. The van der Waals surface area contributed by atoms with E-state index in [-0.39, 0.29) is 18.1 Å². The number of ether oxygens (including phenoxy) is 1. The highest BCUT2D eigenvalue weighted by atomic mass is 35.5. The van der Waals surface area contributed by atoms with Crippen LogP contribution in [-0.2, 0) is 9.53 Å². The van der Waals surface area contributed by atoms with Crippen LogP contribution in [0, 0.1) is 5.92 Å². The van der Waals surface area contributed by atoms with Gasteiger partial charge in [-0.25, -0.2) is 9.97 Å². The van der Waals surface area contributed by atoms with E-state index in [2.05, 4.69) is 15.2 Å². The summed E-state index contributed by atoms with van der Waals surface area (Å²) >= 11 is 6.22. The molecule has 0 aromatic carbocycles. The molecular weight excluding hydrogens is 352 g/mol. The Kier molecular flexibility index (Phi) is 5.06. The van der Waals surface area contributed by atoms with Gasteiger partial charge in [0.1, 0.15) is 16.8 Å². The van der Waals surface area contributed by atoms with Crippen LogP contribution < -0.4 is 10.2 Å². The lowest BCUT2D eigenvalue weighted by Crippen LogP contribution is -2.54. The summed E-state index contributed by atoms with van der Waals surface area (Å²) in [6.45, 7) is 5.59. The Labute approximate surface area is 159 Å². The van der Waals surface area contributed by atoms with Crippen LogP contribution in [0.4, 0.5) is 5.82 Å². The third kappa shape index (κ3) is 3.81. The molecule has 3 unspecified atom stereocenters. The van der Waals surface area contributed by atoms with Gasteiger partial charge < -0.3 is 15.0 Å². The highest BCUT2D eigenvalue weighted by Gasteiger charge is 2.53. The molecule has 2 aliphatic heterocycles. The Morgan fingerprint density at radius 1 is 1.42 bits per heavy atom. The van der Waals surface area contributed by atoms with E-state index in [1.54, 1.807) is 0 Å². The number of hydrogen-bond donors (Lipinski definition) is 1. The van der Waals surface area contributed by atoms with Crippen molar-refractivity contribution in [1.29, 1.82) is 0 Å². The Bertz CT molecular complexity index is 680. The second kappa shape index (κ2) is 7.31.